The summed E-state index contributed by atoms with van der Waals surface area (Å²) >= 11 is 3.30. The molecule has 1 saturated carbocycles. The van der Waals surface area contributed by atoms with Gasteiger partial charge in [-0.15, -0.1) is 12.4 Å². The van der Waals surface area contributed by atoms with Gasteiger partial charge in [-0.05, 0) is 59.3 Å². The van der Waals surface area contributed by atoms with Crippen molar-refractivity contribution >= 4 is 38.4 Å². The maximum atomic E-state index is 12.3. The summed E-state index contributed by atoms with van der Waals surface area (Å²) in [6, 6.07) is 5.04. The van der Waals surface area contributed by atoms with Gasteiger partial charge in [0.1, 0.15) is 0 Å². The normalized spacial score (nSPS) is 16.8. The molecule has 0 amide bonds. The minimum Gasteiger partial charge on any atom is -0.329 e. The molecule has 0 radical (unpaired) electrons. The van der Waals surface area contributed by atoms with E-state index in [-0.39, 0.29) is 23.3 Å². The van der Waals surface area contributed by atoms with E-state index in [1.165, 1.54) is 0 Å². The minimum absolute atomic E-state index is 0. The first kappa shape index (κ1) is 16.9. The molecular weight excluding hydrogens is 352 g/mol. The number of hydrogen-bond donors (Lipinski definition) is 2. The third kappa shape index (κ3) is 4.16. The fourth-order valence-electron chi connectivity index (χ4n) is 1.92. The highest BCUT2D eigenvalue weighted by atomic mass is 79.9. The summed E-state index contributed by atoms with van der Waals surface area (Å²) in [5.41, 5.74) is 6.63. The first-order chi connectivity index (χ1) is 8.44. The highest BCUT2D eigenvalue weighted by molar-refractivity contribution is 9.10. The van der Waals surface area contributed by atoms with Crippen LogP contribution in [0.2, 0.25) is 0 Å². The van der Waals surface area contributed by atoms with Crippen LogP contribution in [0.3, 0.4) is 0 Å². The maximum absolute atomic E-state index is 12.3. The fraction of sp³-hybridized carbons (Fsp3) is 0.500. The molecule has 1 aromatic rings. The smallest absolute Gasteiger partial charge is 0.241 e. The van der Waals surface area contributed by atoms with Crippen molar-refractivity contribution in [3.8, 4) is 0 Å². The molecule has 1 atom stereocenters. The first-order valence-electron chi connectivity index (χ1n) is 5.92. The zero-order valence-electron chi connectivity index (χ0n) is 10.6. The van der Waals surface area contributed by atoms with Crippen LogP contribution in [0.1, 0.15) is 18.4 Å². The van der Waals surface area contributed by atoms with E-state index in [1.54, 1.807) is 18.2 Å². The molecule has 3 N–H and O–H groups in total. The lowest BCUT2D eigenvalue weighted by Gasteiger charge is -2.17. The number of rotatable bonds is 5. The lowest BCUT2D eigenvalue weighted by atomic mass is 10.2. The van der Waals surface area contributed by atoms with Crippen molar-refractivity contribution in [2.24, 2.45) is 11.7 Å². The van der Waals surface area contributed by atoms with Gasteiger partial charge in [0.2, 0.25) is 10.0 Å². The number of nitrogens with one attached hydrogen (secondary N) is 1. The summed E-state index contributed by atoms with van der Waals surface area (Å²) in [6.45, 7) is 2.26. The molecule has 4 nitrogen and oxygen atoms in total. The van der Waals surface area contributed by atoms with Crippen molar-refractivity contribution in [3.63, 3.8) is 0 Å². The van der Waals surface area contributed by atoms with Crippen molar-refractivity contribution < 1.29 is 8.42 Å². The van der Waals surface area contributed by atoms with Crippen molar-refractivity contribution in [1.82, 2.24) is 4.72 Å². The van der Waals surface area contributed by atoms with Crippen LogP contribution in [0.15, 0.2) is 27.6 Å². The summed E-state index contributed by atoms with van der Waals surface area (Å²) in [5, 5.41) is 0. The van der Waals surface area contributed by atoms with E-state index < -0.39 is 10.0 Å². The zero-order chi connectivity index (χ0) is 13.3. The Morgan fingerprint density at radius 1 is 1.47 bits per heavy atom. The summed E-state index contributed by atoms with van der Waals surface area (Å²) in [4.78, 5) is 0.271. The van der Waals surface area contributed by atoms with Crippen LogP contribution < -0.4 is 10.5 Å². The highest BCUT2D eigenvalue weighted by Crippen LogP contribution is 2.33. The summed E-state index contributed by atoms with van der Waals surface area (Å²) in [6.07, 6.45) is 2.11. The van der Waals surface area contributed by atoms with Crippen molar-refractivity contribution in [2.45, 2.75) is 30.7 Å². The van der Waals surface area contributed by atoms with Gasteiger partial charge in [-0.25, -0.2) is 13.1 Å². The molecular formula is C12H18BrClN2O2S. The molecule has 7 heteroatoms. The molecule has 0 aromatic heterocycles. The Balaban J connectivity index is 0.00000180. The predicted molar refractivity (Wildman–Crippen MR) is 82.0 cm³/mol. The number of nitrogens with two attached hydrogens (primary N) is 1. The number of hydrogen-bond acceptors (Lipinski definition) is 3. The molecule has 0 bridgehead atoms. The Bertz CT molecular complexity index is 547. The summed E-state index contributed by atoms with van der Waals surface area (Å²) in [7, 11) is -3.50. The largest absolute Gasteiger partial charge is 0.329 e. The Labute approximate surface area is 128 Å². The fourth-order valence-corrected chi connectivity index (χ4v) is 4.43. The van der Waals surface area contributed by atoms with Gasteiger partial charge in [0.05, 0.1) is 4.90 Å². The Morgan fingerprint density at radius 2 is 2.11 bits per heavy atom. The van der Waals surface area contributed by atoms with Gasteiger partial charge in [-0.2, -0.15) is 0 Å². The van der Waals surface area contributed by atoms with Crippen LogP contribution >= 0.6 is 28.3 Å². The summed E-state index contributed by atoms with van der Waals surface area (Å²) < 4.78 is 27.8. The molecule has 0 aliphatic heterocycles. The lowest BCUT2D eigenvalue weighted by molar-refractivity contribution is 0.519. The van der Waals surface area contributed by atoms with E-state index in [0.717, 1.165) is 18.4 Å². The first-order valence-corrected chi connectivity index (χ1v) is 8.20. The second-order valence-corrected chi connectivity index (χ2v) is 7.27. The van der Waals surface area contributed by atoms with E-state index in [1.807, 2.05) is 6.92 Å². The van der Waals surface area contributed by atoms with Crippen LogP contribution in [-0.2, 0) is 10.0 Å². The Hall–Kier alpha value is -0.140. The van der Waals surface area contributed by atoms with Gasteiger partial charge in [0, 0.05) is 17.1 Å². The molecule has 0 spiro atoms. The highest BCUT2D eigenvalue weighted by Gasteiger charge is 2.33. The van der Waals surface area contributed by atoms with E-state index in [4.69, 9.17) is 5.73 Å². The Morgan fingerprint density at radius 3 is 2.58 bits per heavy atom. The predicted octanol–water partition coefficient (Wildman–Crippen LogP) is 2.19. The second-order valence-electron chi connectivity index (χ2n) is 4.73. The third-order valence-electron chi connectivity index (χ3n) is 3.13. The number of benzene rings is 1. The van der Waals surface area contributed by atoms with Gasteiger partial charge < -0.3 is 5.73 Å². The molecule has 1 aliphatic rings. The third-order valence-corrected chi connectivity index (χ3v) is 5.60. The van der Waals surface area contributed by atoms with Gasteiger partial charge in [-0.3, -0.25) is 0 Å². The topological polar surface area (TPSA) is 72.2 Å². The van der Waals surface area contributed by atoms with Gasteiger partial charge >= 0.3 is 0 Å². The van der Waals surface area contributed by atoms with Gasteiger partial charge in [0.15, 0.2) is 0 Å². The summed E-state index contributed by atoms with van der Waals surface area (Å²) in [5.74, 6) is 0.397. The Kier molecular flexibility index (Phi) is 5.82. The van der Waals surface area contributed by atoms with E-state index in [2.05, 4.69) is 20.7 Å². The van der Waals surface area contributed by atoms with Gasteiger partial charge in [-0.1, -0.05) is 6.07 Å². The molecule has 2 rings (SSSR count). The SMILES string of the molecule is Cc1ccc(S(=O)(=O)NC(CN)C2CC2)c(Br)c1.Cl. The van der Waals surface area contributed by atoms with E-state index in [0.29, 0.717) is 16.9 Å². The zero-order valence-corrected chi connectivity index (χ0v) is 13.8. The van der Waals surface area contributed by atoms with E-state index in [9.17, 15) is 8.42 Å². The van der Waals surface area contributed by atoms with Crippen molar-refractivity contribution in [3.05, 3.63) is 28.2 Å². The number of sulfonamides is 1. The van der Waals surface area contributed by atoms with Crippen LogP contribution in [0.25, 0.3) is 0 Å². The van der Waals surface area contributed by atoms with E-state index >= 15 is 0 Å². The quantitative estimate of drug-likeness (QED) is 0.835. The molecule has 1 unspecified atom stereocenters. The van der Waals surface area contributed by atoms with Crippen LogP contribution in [0.5, 0.6) is 0 Å². The molecule has 0 saturated heterocycles. The standard InChI is InChI=1S/C12H17BrN2O2S.ClH/c1-8-2-5-12(10(13)6-8)18(16,17)15-11(7-14)9-3-4-9;/h2,5-6,9,11,15H,3-4,7,14H2,1H3;1H. The van der Waals surface area contributed by atoms with Gasteiger partial charge in [0.25, 0.3) is 0 Å². The molecule has 1 aliphatic carbocycles. The second kappa shape index (κ2) is 6.54. The molecule has 1 fully saturated rings. The average Bonchev–Trinajstić information content (AvgIpc) is 3.09. The van der Waals surface area contributed by atoms with Crippen molar-refractivity contribution in [1.29, 1.82) is 0 Å². The maximum Gasteiger partial charge on any atom is 0.241 e. The molecule has 19 heavy (non-hydrogen) atoms. The molecule has 1 aromatic carbocycles. The van der Waals surface area contributed by atoms with Crippen LogP contribution in [0.4, 0.5) is 0 Å². The minimum atomic E-state index is -3.50. The number of halogens is 2. The number of aryl methyl sites for hydroxylation is 1. The van der Waals surface area contributed by atoms with Crippen LogP contribution in [0, 0.1) is 12.8 Å². The van der Waals surface area contributed by atoms with Crippen LogP contribution in [-0.4, -0.2) is 21.0 Å². The lowest BCUT2D eigenvalue weighted by Crippen LogP contribution is -2.41. The molecule has 0 heterocycles. The average molecular weight is 370 g/mol. The van der Waals surface area contributed by atoms with Crippen molar-refractivity contribution in [2.75, 3.05) is 6.54 Å². The molecule has 108 valence electrons. The monoisotopic (exact) mass is 368 g/mol.